The zero-order chi connectivity index (χ0) is 23.5. The van der Waals surface area contributed by atoms with Gasteiger partial charge >= 0.3 is 0 Å². The fourth-order valence-corrected chi connectivity index (χ4v) is 6.70. The molecule has 1 fully saturated rings. The largest absolute Gasteiger partial charge is 0.451 e. The molecule has 2 aliphatic carbocycles. The molecule has 6 nitrogen and oxygen atoms in total. The molecule has 2 heterocycles. The number of carbonyl (C=O) groups is 1. The van der Waals surface area contributed by atoms with Gasteiger partial charge in [-0.1, -0.05) is 25.1 Å². The van der Waals surface area contributed by atoms with Crippen LogP contribution in [0.5, 0.6) is 0 Å². The Morgan fingerprint density at radius 1 is 1.21 bits per heavy atom. The van der Waals surface area contributed by atoms with E-state index in [0.29, 0.717) is 11.8 Å². The van der Waals surface area contributed by atoms with Gasteiger partial charge in [0.2, 0.25) is 0 Å². The van der Waals surface area contributed by atoms with E-state index >= 15 is 0 Å². The third kappa shape index (κ3) is 5.31. The Kier molecular flexibility index (Phi) is 7.21. The second-order valence-electron chi connectivity index (χ2n) is 9.98. The van der Waals surface area contributed by atoms with Gasteiger partial charge in [0.05, 0.1) is 5.69 Å². The normalized spacial score (nSPS) is 22.7. The Labute approximate surface area is 205 Å². The summed E-state index contributed by atoms with van der Waals surface area (Å²) in [5.41, 5.74) is 7.95. The first-order chi connectivity index (χ1) is 16.6. The van der Waals surface area contributed by atoms with Crippen LogP contribution < -0.4 is 11.1 Å². The van der Waals surface area contributed by atoms with Crippen LogP contribution in [0.1, 0.15) is 73.0 Å². The second-order valence-corrected chi connectivity index (χ2v) is 11.1. The second kappa shape index (κ2) is 10.5. The van der Waals surface area contributed by atoms with Crippen molar-refractivity contribution in [2.24, 2.45) is 5.92 Å². The van der Waals surface area contributed by atoms with Crippen LogP contribution in [0.2, 0.25) is 0 Å². The van der Waals surface area contributed by atoms with Crippen LogP contribution in [0.25, 0.3) is 11.0 Å². The van der Waals surface area contributed by atoms with Gasteiger partial charge in [-0.05, 0) is 88.9 Å². The summed E-state index contributed by atoms with van der Waals surface area (Å²) in [7, 11) is 0. The molecule has 3 aromatic rings. The lowest BCUT2D eigenvalue weighted by Crippen LogP contribution is -2.41. The Morgan fingerprint density at radius 3 is 2.82 bits per heavy atom. The number of anilines is 1. The van der Waals surface area contributed by atoms with Crippen LogP contribution >= 0.6 is 11.3 Å². The Morgan fingerprint density at radius 2 is 2.03 bits per heavy atom. The first-order valence-electron chi connectivity index (χ1n) is 12.9. The average molecular weight is 481 g/mol. The lowest BCUT2D eigenvalue weighted by Gasteiger charge is -2.36. The number of fused-ring (bicyclic) bond motifs is 2. The highest BCUT2D eigenvalue weighted by atomic mass is 32.1. The maximum atomic E-state index is 12.7. The number of carbonyl (C=O) groups excluding carboxylic acids is 1. The number of rotatable bonds is 8. The summed E-state index contributed by atoms with van der Waals surface area (Å²) in [6.45, 7) is 4.61. The van der Waals surface area contributed by atoms with E-state index in [1.54, 1.807) is 11.3 Å². The topological polar surface area (TPSA) is 84.4 Å². The number of furan rings is 1. The van der Waals surface area contributed by atoms with Crippen molar-refractivity contribution in [2.75, 3.05) is 18.8 Å². The number of aromatic nitrogens is 1. The molecule has 0 spiro atoms. The van der Waals surface area contributed by atoms with E-state index in [-0.39, 0.29) is 11.9 Å². The lowest BCUT2D eigenvalue weighted by molar-refractivity contribution is 0.0892. The zero-order valence-electron chi connectivity index (χ0n) is 20.1. The molecule has 1 amide bonds. The van der Waals surface area contributed by atoms with E-state index in [4.69, 9.17) is 10.2 Å². The van der Waals surface area contributed by atoms with Crippen LogP contribution in [0.15, 0.2) is 34.7 Å². The highest BCUT2D eigenvalue weighted by Crippen LogP contribution is 2.32. The van der Waals surface area contributed by atoms with E-state index in [9.17, 15) is 4.79 Å². The molecule has 2 aromatic heterocycles. The quantitative estimate of drug-likeness (QED) is 0.450. The molecule has 34 heavy (non-hydrogen) atoms. The van der Waals surface area contributed by atoms with Gasteiger partial charge in [0.15, 0.2) is 10.9 Å². The van der Waals surface area contributed by atoms with Gasteiger partial charge in [-0.15, -0.1) is 11.3 Å². The molecule has 0 bridgehead atoms. The summed E-state index contributed by atoms with van der Waals surface area (Å²) >= 11 is 1.68. The summed E-state index contributed by atoms with van der Waals surface area (Å²) < 4.78 is 5.73. The molecule has 1 atom stereocenters. The molecule has 0 radical (unpaired) electrons. The van der Waals surface area contributed by atoms with Gasteiger partial charge in [-0.25, -0.2) is 4.98 Å². The molecule has 7 heteroatoms. The maximum absolute atomic E-state index is 12.7. The van der Waals surface area contributed by atoms with E-state index in [1.807, 2.05) is 30.3 Å². The van der Waals surface area contributed by atoms with Gasteiger partial charge < -0.3 is 20.4 Å². The first-order valence-corrected chi connectivity index (χ1v) is 13.7. The van der Waals surface area contributed by atoms with E-state index in [0.717, 1.165) is 54.2 Å². The van der Waals surface area contributed by atoms with Crippen LogP contribution in [0, 0.1) is 5.92 Å². The van der Waals surface area contributed by atoms with Crippen molar-refractivity contribution in [3.8, 4) is 0 Å². The van der Waals surface area contributed by atoms with Gasteiger partial charge in [-0.2, -0.15) is 0 Å². The third-order valence-corrected chi connectivity index (χ3v) is 8.56. The van der Waals surface area contributed by atoms with Crippen molar-refractivity contribution >= 4 is 33.3 Å². The third-order valence-electron chi connectivity index (χ3n) is 7.61. The minimum Gasteiger partial charge on any atom is -0.451 e. The fraction of sp³-hybridized carbons (Fsp3) is 0.556. The number of hydrogen-bond acceptors (Lipinski definition) is 6. The number of nitrogens with zero attached hydrogens (tertiary/aromatic N) is 2. The number of nitrogens with two attached hydrogens (primary N) is 1. The molecular weight excluding hydrogens is 444 g/mol. The van der Waals surface area contributed by atoms with Gasteiger partial charge in [0.25, 0.3) is 5.91 Å². The van der Waals surface area contributed by atoms with Gasteiger partial charge in [0.1, 0.15) is 5.58 Å². The molecule has 2 aliphatic rings. The standard InChI is InChI=1S/C27H36N4O2S/c1-2-14-31(21-11-12-22-25(17-21)34-27(28)30-22)15-13-18-7-9-20(10-8-18)29-26(32)24-16-19-5-3-4-6-23(19)33-24/h3-6,16,18,20-21H,2,7-15,17H2,1H3,(H2,28,30)(H,29,32)/t18?,20?,21-/m0/s1. The van der Waals surface area contributed by atoms with Gasteiger partial charge in [-0.3, -0.25) is 4.79 Å². The SMILES string of the molecule is CCCN(CCC1CCC(NC(=O)c2cc3ccccc3o2)CC1)[C@H]1CCc2nc(N)sc2C1. The number of nitrogen functional groups attached to an aromatic ring is 1. The number of para-hydroxylation sites is 1. The molecule has 0 saturated heterocycles. The van der Waals surface area contributed by atoms with Crippen LogP contribution in [-0.2, 0) is 12.8 Å². The molecule has 3 N–H and O–H groups in total. The predicted molar refractivity (Wildman–Crippen MR) is 138 cm³/mol. The van der Waals surface area contributed by atoms with Crippen molar-refractivity contribution in [3.63, 3.8) is 0 Å². The Hall–Kier alpha value is -2.38. The van der Waals surface area contributed by atoms with Crippen LogP contribution in [0.4, 0.5) is 5.13 Å². The van der Waals surface area contributed by atoms with Crippen LogP contribution in [0.3, 0.4) is 0 Å². The lowest BCUT2D eigenvalue weighted by atomic mass is 9.83. The molecule has 1 aromatic carbocycles. The number of nitrogens with one attached hydrogen (secondary N) is 1. The molecule has 182 valence electrons. The fourth-order valence-electron chi connectivity index (χ4n) is 5.75. The molecule has 0 aliphatic heterocycles. The van der Waals surface area contributed by atoms with Crippen molar-refractivity contribution in [3.05, 3.63) is 46.7 Å². The summed E-state index contributed by atoms with van der Waals surface area (Å²) in [6.07, 6.45) is 10.3. The predicted octanol–water partition coefficient (Wildman–Crippen LogP) is 5.42. The Balaban J connectivity index is 1.09. The maximum Gasteiger partial charge on any atom is 0.287 e. The highest BCUT2D eigenvalue weighted by Gasteiger charge is 2.28. The van der Waals surface area contributed by atoms with Crippen molar-refractivity contribution < 1.29 is 9.21 Å². The van der Waals surface area contributed by atoms with E-state index < -0.39 is 0 Å². The van der Waals surface area contributed by atoms with E-state index in [1.165, 1.54) is 49.2 Å². The number of benzene rings is 1. The number of amides is 1. The molecular formula is C27H36N4O2S. The molecule has 0 unspecified atom stereocenters. The summed E-state index contributed by atoms with van der Waals surface area (Å²) in [6, 6.07) is 10.5. The molecule has 5 rings (SSSR count). The Bertz CT molecular complexity index is 1080. The minimum atomic E-state index is -0.0888. The zero-order valence-corrected chi connectivity index (χ0v) is 20.9. The monoisotopic (exact) mass is 480 g/mol. The van der Waals surface area contributed by atoms with Gasteiger partial charge in [0, 0.05) is 22.3 Å². The number of hydrogen-bond donors (Lipinski definition) is 2. The number of aryl methyl sites for hydroxylation is 1. The average Bonchev–Trinajstić information content (AvgIpc) is 3.45. The van der Waals surface area contributed by atoms with E-state index in [2.05, 4.69) is 22.1 Å². The summed E-state index contributed by atoms with van der Waals surface area (Å²) in [4.78, 5) is 21.3. The van der Waals surface area contributed by atoms with Crippen molar-refractivity contribution in [1.82, 2.24) is 15.2 Å². The number of thiazole rings is 1. The summed E-state index contributed by atoms with van der Waals surface area (Å²) in [5.74, 6) is 1.07. The highest BCUT2D eigenvalue weighted by molar-refractivity contribution is 7.15. The summed E-state index contributed by atoms with van der Waals surface area (Å²) in [5, 5.41) is 4.90. The minimum absolute atomic E-state index is 0.0888. The first kappa shape index (κ1) is 23.4. The van der Waals surface area contributed by atoms with Crippen LogP contribution in [-0.4, -0.2) is 41.0 Å². The van der Waals surface area contributed by atoms with Crippen molar-refractivity contribution in [1.29, 1.82) is 0 Å². The van der Waals surface area contributed by atoms with Crippen molar-refractivity contribution in [2.45, 2.75) is 76.8 Å². The molecule has 1 saturated carbocycles. The smallest absolute Gasteiger partial charge is 0.287 e.